The van der Waals surface area contributed by atoms with Crippen molar-refractivity contribution in [1.82, 2.24) is 0 Å². The third-order valence-electron chi connectivity index (χ3n) is 4.88. The summed E-state index contributed by atoms with van der Waals surface area (Å²) in [6.07, 6.45) is 16.1. The molecule has 1 fully saturated rings. The van der Waals surface area contributed by atoms with Crippen LogP contribution in [0.15, 0.2) is 25.3 Å². The van der Waals surface area contributed by atoms with Crippen LogP contribution in [0.3, 0.4) is 0 Å². The fourth-order valence-corrected chi connectivity index (χ4v) is 3.56. The summed E-state index contributed by atoms with van der Waals surface area (Å²) >= 11 is 0. The number of carbonyl (C=O) groups is 1. The average Bonchev–Trinajstić information content (AvgIpc) is 3.00. The summed E-state index contributed by atoms with van der Waals surface area (Å²) in [6.45, 7) is 9.78. The van der Waals surface area contributed by atoms with E-state index in [0.717, 1.165) is 25.7 Å². The molecule has 126 valence electrons. The Bertz CT molecular complexity index is 335. The van der Waals surface area contributed by atoms with Gasteiger partial charge < -0.3 is 4.74 Å². The van der Waals surface area contributed by atoms with Crippen molar-refractivity contribution in [1.29, 1.82) is 0 Å². The number of ether oxygens (including phenoxy) is 1. The molecule has 1 aliphatic rings. The van der Waals surface area contributed by atoms with E-state index in [-0.39, 0.29) is 12.1 Å². The van der Waals surface area contributed by atoms with E-state index in [9.17, 15) is 4.79 Å². The standard InChI is InChI=1S/C20H34O2/c1-4-7-8-9-10-11-12-16-20(21)22-19(6-3)18-15-13-14-17(18)5-2/h4-5,17-19H,1-2,6-16H2,3H3/t17-,18-,19+/m1/s1. The van der Waals surface area contributed by atoms with Crippen LogP contribution in [-0.4, -0.2) is 12.1 Å². The van der Waals surface area contributed by atoms with Gasteiger partial charge in [-0.1, -0.05) is 44.8 Å². The molecule has 0 heterocycles. The lowest BCUT2D eigenvalue weighted by atomic mass is 9.89. The molecule has 2 heteroatoms. The summed E-state index contributed by atoms with van der Waals surface area (Å²) in [6, 6.07) is 0. The van der Waals surface area contributed by atoms with Crippen molar-refractivity contribution >= 4 is 5.97 Å². The maximum atomic E-state index is 12.0. The number of allylic oxidation sites excluding steroid dienone is 2. The van der Waals surface area contributed by atoms with Crippen molar-refractivity contribution in [3.63, 3.8) is 0 Å². The lowest BCUT2D eigenvalue weighted by molar-refractivity contribution is -0.152. The van der Waals surface area contributed by atoms with Crippen molar-refractivity contribution in [2.45, 2.75) is 83.7 Å². The lowest BCUT2D eigenvalue weighted by Crippen LogP contribution is -2.28. The van der Waals surface area contributed by atoms with E-state index in [2.05, 4.69) is 26.2 Å². The van der Waals surface area contributed by atoms with Crippen molar-refractivity contribution in [3.05, 3.63) is 25.3 Å². The van der Waals surface area contributed by atoms with Crippen LogP contribution in [0.5, 0.6) is 0 Å². The first-order valence-corrected chi connectivity index (χ1v) is 9.15. The predicted molar refractivity (Wildman–Crippen MR) is 93.7 cm³/mol. The smallest absolute Gasteiger partial charge is 0.306 e. The molecule has 0 aromatic carbocycles. The van der Waals surface area contributed by atoms with Gasteiger partial charge in [0.05, 0.1) is 0 Å². The van der Waals surface area contributed by atoms with Crippen molar-refractivity contribution in [3.8, 4) is 0 Å². The summed E-state index contributed by atoms with van der Waals surface area (Å²) < 4.78 is 5.76. The Hall–Kier alpha value is -1.05. The van der Waals surface area contributed by atoms with Gasteiger partial charge in [0.25, 0.3) is 0 Å². The van der Waals surface area contributed by atoms with Crippen LogP contribution in [-0.2, 0) is 9.53 Å². The first kappa shape index (κ1) is 19.0. The normalized spacial score (nSPS) is 22.2. The number of esters is 1. The summed E-state index contributed by atoms with van der Waals surface area (Å²) in [7, 11) is 0. The van der Waals surface area contributed by atoms with Crippen LogP contribution in [0.2, 0.25) is 0 Å². The van der Waals surface area contributed by atoms with Gasteiger partial charge in [0, 0.05) is 12.3 Å². The van der Waals surface area contributed by atoms with E-state index in [1.807, 2.05) is 6.08 Å². The molecule has 1 aliphatic carbocycles. The highest BCUT2D eigenvalue weighted by molar-refractivity contribution is 5.69. The van der Waals surface area contributed by atoms with E-state index >= 15 is 0 Å². The second-order valence-corrected chi connectivity index (χ2v) is 6.53. The van der Waals surface area contributed by atoms with Crippen molar-refractivity contribution in [2.75, 3.05) is 0 Å². The van der Waals surface area contributed by atoms with Gasteiger partial charge in [-0.3, -0.25) is 4.79 Å². The molecule has 0 unspecified atom stereocenters. The highest BCUT2D eigenvalue weighted by Crippen LogP contribution is 2.37. The molecule has 0 spiro atoms. The van der Waals surface area contributed by atoms with E-state index in [1.165, 1.54) is 38.5 Å². The fourth-order valence-electron chi connectivity index (χ4n) is 3.56. The summed E-state index contributed by atoms with van der Waals surface area (Å²) in [5.41, 5.74) is 0. The minimum absolute atomic E-state index is 0.00680. The van der Waals surface area contributed by atoms with Crippen molar-refractivity contribution in [2.24, 2.45) is 11.8 Å². The highest BCUT2D eigenvalue weighted by Gasteiger charge is 2.33. The second kappa shape index (κ2) is 11.5. The Balaban J connectivity index is 2.19. The molecule has 22 heavy (non-hydrogen) atoms. The fraction of sp³-hybridized carbons (Fsp3) is 0.750. The maximum Gasteiger partial charge on any atom is 0.306 e. The summed E-state index contributed by atoms with van der Waals surface area (Å²) in [4.78, 5) is 12.0. The van der Waals surface area contributed by atoms with E-state index in [1.54, 1.807) is 0 Å². The molecular weight excluding hydrogens is 272 g/mol. The second-order valence-electron chi connectivity index (χ2n) is 6.53. The Morgan fingerprint density at radius 3 is 2.59 bits per heavy atom. The quantitative estimate of drug-likeness (QED) is 0.258. The van der Waals surface area contributed by atoms with Crippen LogP contribution in [0.4, 0.5) is 0 Å². The third-order valence-corrected chi connectivity index (χ3v) is 4.88. The number of hydrogen-bond donors (Lipinski definition) is 0. The van der Waals surface area contributed by atoms with Gasteiger partial charge >= 0.3 is 5.97 Å². The van der Waals surface area contributed by atoms with E-state index in [0.29, 0.717) is 18.3 Å². The monoisotopic (exact) mass is 306 g/mol. The summed E-state index contributed by atoms with van der Waals surface area (Å²) in [5, 5.41) is 0. The Labute approximate surface area is 137 Å². The minimum atomic E-state index is -0.00680. The number of rotatable bonds is 12. The van der Waals surface area contributed by atoms with Gasteiger partial charge in [0.2, 0.25) is 0 Å². The van der Waals surface area contributed by atoms with E-state index in [4.69, 9.17) is 4.74 Å². The molecule has 0 aromatic heterocycles. The highest BCUT2D eigenvalue weighted by atomic mass is 16.5. The number of unbranched alkanes of at least 4 members (excludes halogenated alkanes) is 5. The SMILES string of the molecule is C=CCCCCCCCC(=O)O[C@@H](CC)[C@@H]1CCC[C@H]1C=C. The summed E-state index contributed by atoms with van der Waals surface area (Å²) in [5.74, 6) is 1.01. The van der Waals surface area contributed by atoms with Crippen LogP contribution < -0.4 is 0 Å². The molecule has 0 radical (unpaired) electrons. The van der Waals surface area contributed by atoms with Crippen LogP contribution in [0, 0.1) is 11.8 Å². The van der Waals surface area contributed by atoms with Crippen LogP contribution in [0.25, 0.3) is 0 Å². The molecule has 0 aromatic rings. The molecular formula is C20H34O2. The minimum Gasteiger partial charge on any atom is -0.462 e. The molecule has 0 N–H and O–H groups in total. The molecule has 3 atom stereocenters. The zero-order valence-electron chi connectivity index (χ0n) is 14.4. The molecule has 0 bridgehead atoms. The predicted octanol–water partition coefficient (Wildman–Crippen LogP) is 5.83. The Kier molecular flexibility index (Phi) is 9.94. The molecule has 2 nitrogen and oxygen atoms in total. The Morgan fingerprint density at radius 2 is 1.91 bits per heavy atom. The maximum absolute atomic E-state index is 12.0. The molecule has 0 amide bonds. The van der Waals surface area contributed by atoms with Gasteiger partial charge in [-0.05, 0) is 44.4 Å². The zero-order valence-corrected chi connectivity index (χ0v) is 14.4. The van der Waals surface area contributed by atoms with Gasteiger partial charge in [-0.15, -0.1) is 13.2 Å². The van der Waals surface area contributed by atoms with Gasteiger partial charge in [-0.2, -0.15) is 0 Å². The van der Waals surface area contributed by atoms with Crippen LogP contribution >= 0.6 is 0 Å². The van der Waals surface area contributed by atoms with Crippen molar-refractivity contribution < 1.29 is 9.53 Å². The van der Waals surface area contributed by atoms with Gasteiger partial charge in [-0.25, -0.2) is 0 Å². The molecule has 0 saturated heterocycles. The molecule has 0 aliphatic heterocycles. The molecule has 1 rings (SSSR count). The van der Waals surface area contributed by atoms with E-state index < -0.39 is 0 Å². The Morgan fingerprint density at radius 1 is 1.18 bits per heavy atom. The first-order valence-electron chi connectivity index (χ1n) is 9.15. The topological polar surface area (TPSA) is 26.3 Å². The third kappa shape index (κ3) is 6.81. The van der Waals surface area contributed by atoms with Gasteiger partial charge in [0.15, 0.2) is 0 Å². The zero-order chi connectivity index (χ0) is 16.2. The van der Waals surface area contributed by atoms with Crippen LogP contribution in [0.1, 0.15) is 77.6 Å². The van der Waals surface area contributed by atoms with Gasteiger partial charge in [0.1, 0.15) is 6.10 Å². The number of carbonyl (C=O) groups excluding carboxylic acids is 1. The largest absolute Gasteiger partial charge is 0.462 e. The lowest BCUT2D eigenvalue weighted by Gasteiger charge is -2.26. The first-order chi connectivity index (χ1) is 10.7. The number of hydrogen-bond acceptors (Lipinski definition) is 2. The average molecular weight is 306 g/mol. The molecule has 1 saturated carbocycles.